The van der Waals surface area contributed by atoms with Crippen molar-refractivity contribution in [2.24, 2.45) is 0 Å². The number of hydrogen-bond donors (Lipinski definition) is 0. The van der Waals surface area contributed by atoms with Gasteiger partial charge in [-0.2, -0.15) is 4.39 Å². The number of halogens is 1. The van der Waals surface area contributed by atoms with Gasteiger partial charge in [-0.05, 0) is 0 Å². The van der Waals surface area contributed by atoms with Crippen molar-refractivity contribution in [2.75, 3.05) is 0 Å². The largest absolute Gasteiger partial charge is 0.305 e. The summed E-state index contributed by atoms with van der Waals surface area (Å²) < 4.78 is 13.3. The molecule has 0 N–H and O–H groups in total. The van der Waals surface area contributed by atoms with Gasteiger partial charge in [0.05, 0.1) is 9.85 Å². The third-order valence-corrected chi connectivity index (χ3v) is 1.58. The Balaban J connectivity index is 3.15. The summed E-state index contributed by atoms with van der Waals surface area (Å²) in [5.74, 6) is -1.08. The van der Waals surface area contributed by atoms with Crippen molar-refractivity contribution in [3.05, 3.63) is 56.0 Å². The van der Waals surface area contributed by atoms with Crippen LogP contribution in [0, 0.1) is 26.0 Å². The maximum absolute atomic E-state index is 13.3. The summed E-state index contributed by atoms with van der Waals surface area (Å²) in [5.41, 5.74) is -0.901. The summed E-state index contributed by atoms with van der Waals surface area (Å²) in [6, 6.07) is 3.45. The predicted molar refractivity (Wildman–Crippen MR) is 49.1 cm³/mol. The minimum atomic E-state index is -1.08. The lowest BCUT2D eigenvalue weighted by atomic mass is 10.2. The van der Waals surface area contributed by atoms with Crippen LogP contribution in [0.5, 0.6) is 0 Å². The van der Waals surface area contributed by atoms with Crippen molar-refractivity contribution in [2.45, 2.75) is 0 Å². The van der Waals surface area contributed by atoms with Crippen molar-refractivity contribution >= 4 is 11.8 Å². The molecule has 15 heavy (non-hydrogen) atoms. The van der Waals surface area contributed by atoms with Gasteiger partial charge in [-0.15, -0.1) is 0 Å². The van der Waals surface area contributed by atoms with Crippen molar-refractivity contribution < 1.29 is 14.2 Å². The van der Waals surface area contributed by atoms with Gasteiger partial charge in [0.1, 0.15) is 0 Å². The average molecular weight is 212 g/mol. The van der Waals surface area contributed by atoms with Crippen LogP contribution in [0.25, 0.3) is 6.08 Å². The molecule has 6 nitrogen and oxygen atoms in total. The van der Waals surface area contributed by atoms with E-state index in [9.17, 15) is 24.6 Å². The first-order valence-electron chi connectivity index (χ1n) is 3.77. The molecule has 0 aliphatic rings. The zero-order valence-corrected chi connectivity index (χ0v) is 7.29. The van der Waals surface area contributed by atoms with Crippen molar-refractivity contribution in [1.29, 1.82) is 0 Å². The van der Waals surface area contributed by atoms with Gasteiger partial charge in [-0.3, -0.25) is 20.2 Å². The Morgan fingerprint density at radius 2 is 1.93 bits per heavy atom. The summed E-state index contributed by atoms with van der Waals surface area (Å²) in [4.78, 5) is 18.6. The fourth-order valence-electron chi connectivity index (χ4n) is 0.948. The SMILES string of the molecule is O=[N+]([O-])C=Cc1cccc([N+](=O)[O-])c1F. The van der Waals surface area contributed by atoms with Crippen LogP contribution in [0.15, 0.2) is 24.4 Å². The van der Waals surface area contributed by atoms with Crippen LogP contribution in [0.4, 0.5) is 10.1 Å². The molecule has 0 saturated heterocycles. The maximum Gasteiger partial charge on any atom is 0.305 e. The number of benzene rings is 1. The van der Waals surface area contributed by atoms with E-state index in [-0.39, 0.29) is 5.56 Å². The normalized spacial score (nSPS) is 10.5. The van der Waals surface area contributed by atoms with E-state index in [2.05, 4.69) is 0 Å². The Kier molecular flexibility index (Phi) is 3.06. The van der Waals surface area contributed by atoms with Crippen LogP contribution in [-0.4, -0.2) is 9.85 Å². The summed E-state index contributed by atoms with van der Waals surface area (Å²) in [7, 11) is 0. The molecule has 0 amide bonds. The second kappa shape index (κ2) is 4.27. The molecule has 0 atom stereocenters. The van der Waals surface area contributed by atoms with Gasteiger partial charge >= 0.3 is 5.69 Å². The molecular formula is C8H5FN2O4. The lowest BCUT2D eigenvalue weighted by Crippen LogP contribution is -1.94. The topological polar surface area (TPSA) is 86.3 Å². The quantitative estimate of drug-likeness (QED) is 0.566. The molecule has 0 radical (unpaired) electrons. The summed E-state index contributed by atoms with van der Waals surface area (Å²) in [6.07, 6.45) is 1.38. The third-order valence-electron chi connectivity index (χ3n) is 1.58. The van der Waals surface area contributed by atoms with Gasteiger partial charge in [0.2, 0.25) is 12.0 Å². The summed E-state index contributed by atoms with van der Waals surface area (Å²) in [6.45, 7) is 0. The molecule has 1 aromatic carbocycles. The fourth-order valence-corrected chi connectivity index (χ4v) is 0.948. The molecule has 0 aliphatic carbocycles. The first-order chi connectivity index (χ1) is 7.02. The lowest BCUT2D eigenvalue weighted by molar-refractivity contribution is -0.401. The molecule has 0 aromatic heterocycles. The molecular weight excluding hydrogens is 207 g/mol. The van der Waals surface area contributed by atoms with Crippen molar-refractivity contribution in [3.8, 4) is 0 Å². The smallest absolute Gasteiger partial charge is 0.259 e. The molecule has 0 spiro atoms. The van der Waals surface area contributed by atoms with Crippen LogP contribution in [0.1, 0.15) is 5.56 Å². The Hall–Kier alpha value is -2.31. The van der Waals surface area contributed by atoms with Crippen molar-refractivity contribution in [3.63, 3.8) is 0 Å². The Morgan fingerprint density at radius 3 is 2.47 bits per heavy atom. The van der Waals surface area contributed by atoms with Crippen molar-refractivity contribution in [1.82, 2.24) is 0 Å². The van der Waals surface area contributed by atoms with Gasteiger partial charge in [-0.25, -0.2) is 0 Å². The van der Waals surface area contributed by atoms with Crippen LogP contribution in [0.3, 0.4) is 0 Å². The highest BCUT2D eigenvalue weighted by molar-refractivity contribution is 5.53. The highest BCUT2D eigenvalue weighted by atomic mass is 19.1. The molecule has 0 fully saturated rings. The number of rotatable bonds is 3. The zero-order valence-electron chi connectivity index (χ0n) is 7.29. The van der Waals surface area contributed by atoms with Crippen LogP contribution in [0.2, 0.25) is 0 Å². The molecule has 1 rings (SSSR count). The van der Waals surface area contributed by atoms with Gasteiger partial charge < -0.3 is 0 Å². The highest BCUT2D eigenvalue weighted by Crippen LogP contribution is 2.20. The summed E-state index contributed by atoms with van der Waals surface area (Å²) >= 11 is 0. The van der Waals surface area contributed by atoms with E-state index in [1.54, 1.807) is 0 Å². The second-order valence-electron chi connectivity index (χ2n) is 2.54. The van der Waals surface area contributed by atoms with Crippen LogP contribution < -0.4 is 0 Å². The molecule has 7 heteroatoms. The zero-order chi connectivity index (χ0) is 11.4. The highest BCUT2D eigenvalue weighted by Gasteiger charge is 2.15. The standard InChI is InChI=1S/C8H5FN2O4/c9-8-6(4-5-10(12)13)2-1-3-7(8)11(14)15/h1-5H. The molecule has 0 bridgehead atoms. The third kappa shape index (κ3) is 2.56. The van der Waals surface area contributed by atoms with E-state index in [1.165, 1.54) is 12.1 Å². The van der Waals surface area contributed by atoms with E-state index >= 15 is 0 Å². The van der Waals surface area contributed by atoms with Gasteiger partial charge in [0.25, 0.3) is 0 Å². The first kappa shape index (κ1) is 10.8. The predicted octanol–water partition coefficient (Wildman–Crippen LogP) is 1.98. The number of hydrogen-bond acceptors (Lipinski definition) is 4. The molecule has 78 valence electrons. The van der Waals surface area contributed by atoms with E-state index in [0.29, 0.717) is 6.20 Å². The van der Waals surface area contributed by atoms with E-state index in [0.717, 1.165) is 12.1 Å². The minimum absolute atomic E-state index is 0.194. The molecule has 0 aliphatic heterocycles. The molecule has 0 saturated carbocycles. The van der Waals surface area contributed by atoms with Crippen LogP contribution >= 0.6 is 0 Å². The van der Waals surface area contributed by atoms with E-state index in [4.69, 9.17) is 0 Å². The molecule has 0 unspecified atom stereocenters. The van der Waals surface area contributed by atoms with E-state index < -0.39 is 21.4 Å². The number of nitro benzene ring substituents is 1. The maximum atomic E-state index is 13.3. The Morgan fingerprint density at radius 1 is 1.27 bits per heavy atom. The second-order valence-corrected chi connectivity index (χ2v) is 2.54. The van der Waals surface area contributed by atoms with E-state index in [1.807, 2.05) is 0 Å². The monoisotopic (exact) mass is 212 g/mol. The average Bonchev–Trinajstić information content (AvgIpc) is 2.15. The Labute approximate surface area is 82.9 Å². The van der Waals surface area contributed by atoms with Gasteiger partial charge in [0.15, 0.2) is 0 Å². The summed E-state index contributed by atoms with van der Waals surface area (Å²) in [5, 5.41) is 20.3. The first-order valence-corrected chi connectivity index (χ1v) is 3.77. The number of nitrogens with zero attached hydrogens (tertiary/aromatic N) is 2. The Bertz CT molecular complexity index is 444. The van der Waals surface area contributed by atoms with Crippen LogP contribution in [-0.2, 0) is 0 Å². The van der Waals surface area contributed by atoms with Gasteiger partial charge in [0, 0.05) is 17.7 Å². The fraction of sp³-hybridized carbons (Fsp3) is 0. The molecule has 0 heterocycles. The lowest BCUT2D eigenvalue weighted by Gasteiger charge is -1.96. The van der Waals surface area contributed by atoms with Gasteiger partial charge in [-0.1, -0.05) is 12.1 Å². The number of nitro groups is 2. The minimum Gasteiger partial charge on any atom is -0.259 e. The molecule has 1 aromatic rings.